The summed E-state index contributed by atoms with van der Waals surface area (Å²) in [6, 6.07) is 18.4. The highest BCUT2D eigenvalue weighted by molar-refractivity contribution is 7.71. The molecule has 2 aromatic rings. The predicted molar refractivity (Wildman–Crippen MR) is 96.3 cm³/mol. The van der Waals surface area contributed by atoms with E-state index in [1.54, 1.807) is 0 Å². The summed E-state index contributed by atoms with van der Waals surface area (Å²) in [7, 11) is -4.00. The standard InChI is InChI=1S/C19H23O5P/c1-2-3-14-23-25(21,24-16-18-12-8-5-9-13-18)19(20)22-15-17-10-6-4-7-11-17/h4-13H,2-3,14-16H2,1H3. The molecule has 1 atom stereocenters. The molecule has 0 spiro atoms. The van der Waals surface area contributed by atoms with Gasteiger partial charge in [0.25, 0.3) is 0 Å². The largest absolute Gasteiger partial charge is 0.452 e. The van der Waals surface area contributed by atoms with Crippen molar-refractivity contribution < 1.29 is 23.1 Å². The number of carbonyl (C=O) groups excluding carboxylic acids is 1. The van der Waals surface area contributed by atoms with Gasteiger partial charge in [-0.3, -0.25) is 4.52 Å². The summed E-state index contributed by atoms with van der Waals surface area (Å²) in [6.45, 7) is 2.20. The van der Waals surface area contributed by atoms with Crippen LogP contribution < -0.4 is 0 Å². The summed E-state index contributed by atoms with van der Waals surface area (Å²) in [5.41, 5.74) is 0.653. The van der Waals surface area contributed by atoms with Crippen molar-refractivity contribution in [2.24, 2.45) is 0 Å². The molecule has 25 heavy (non-hydrogen) atoms. The van der Waals surface area contributed by atoms with Gasteiger partial charge in [0.2, 0.25) is 0 Å². The van der Waals surface area contributed by atoms with Crippen LogP contribution in [0.1, 0.15) is 30.9 Å². The van der Waals surface area contributed by atoms with Crippen molar-refractivity contribution in [1.82, 2.24) is 0 Å². The lowest BCUT2D eigenvalue weighted by Gasteiger charge is -2.17. The van der Waals surface area contributed by atoms with Crippen molar-refractivity contribution >= 4 is 13.3 Å². The maximum Gasteiger partial charge on any atom is 0.438 e. The molecule has 134 valence electrons. The van der Waals surface area contributed by atoms with E-state index in [4.69, 9.17) is 13.8 Å². The Morgan fingerprint density at radius 2 is 1.44 bits per heavy atom. The molecule has 0 N–H and O–H groups in total. The molecule has 0 aliphatic carbocycles. The van der Waals surface area contributed by atoms with Crippen LogP contribution in [-0.4, -0.2) is 12.3 Å². The van der Waals surface area contributed by atoms with Crippen molar-refractivity contribution in [3.05, 3.63) is 71.8 Å². The van der Waals surface area contributed by atoms with Crippen molar-refractivity contribution in [3.8, 4) is 0 Å². The van der Waals surface area contributed by atoms with Gasteiger partial charge in [-0.1, -0.05) is 74.0 Å². The number of rotatable bonds is 10. The average Bonchev–Trinajstić information content (AvgIpc) is 2.66. The number of ether oxygens (including phenoxy) is 1. The van der Waals surface area contributed by atoms with Crippen molar-refractivity contribution in [2.75, 3.05) is 6.61 Å². The van der Waals surface area contributed by atoms with Crippen LogP contribution in [-0.2, 0) is 31.6 Å². The summed E-state index contributed by atoms with van der Waals surface area (Å²) in [4.78, 5) is 12.3. The summed E-state index contributed by atoms with van der Waals surface area (Å²) in [6.07, 6.45) is 1.54. The number of unbranched alkanes of at least 4 members (excludes halogenated alkanes) is 1. The molecule has 0 aliphatic heterocycles. The molecule has 1 unspecified atom stereocenters. The number of carbonyl (C=O) groups is 1. The molecule has 5 nitrogen and oxygen atoms in total. The first-order valence-corrected chi connectivity index (χ1v) is 9.82. The van der Waals surface area contributed by atoms with E-state index < -0.39 is 13.3 Å². The van der Waals surface area contributed by atoms with Crippen LogP contribution in [0.2, 0.25) is 0 Å². The van der Waals surface area contributed by atoms with Crippen LogP contribution in [0.25, 0.3) is 0 Å². The van der Waals surface area contributed by atoms with E-state index in [0.717, 1.165) is 17.5 Å². The van der Waals surface area contributed by atoms with E-state index in [2.05, 4.69) is 0 Å². The zero-order chi connectivity index (χ0) is 18.0. The second kappa shape index (κ2) is 10.1. The number of hydrogen-bond acceptors (Lipinski definition) is 5. The third-order valence-electron chi connectivity index (χ3n) is 3.43. The first-order chi connectivity index (χ1) is 12.1. The van der Waals surface area contributed by atoms with E-state index in [0.29, 0.717) is 6.42 Å². The smallest absolute Gasteiger partial charge is 0.438 e. The lowest BCUT2D eigenvalue weighted by atomic mass is 10.2. The van der Waals surface area contributed by atoms with Crippen LogP contribution in [0.4, 0.5) is 4.79 Å². The van der Waals surface area contributed by atoms with E-state index in [-0.39, 0.29) is 19.8 Å². The minimum atomic E-state index is -4.00. The monoisotopic (exact) mass is 362 g/mol. The highest BCUT2D eigenvalue weighted by Crippen LogP contribution is 2.51. The van der Waals surface area contributed by atoms with E-state index in [1.165, 1.54) is 0 Å². The normalized spacial score (nSPS) is 13.2. The zero-order valence-electron chi connectivity index (χ0n) is 14.3. The maximum absolute atomic E-state index is 12.9. The second-order valence-electron chi connectivity index (χ2n) is 5.48. The van der Waals surface area contributed by atoms with E-state index in [9.17, 15) is 9.36 Å². The Morgan fingerprint density at radius 3 is 2.00 bits per heavy atom. The van der Waals surface area contributed by atoms with Gasteiger partial charge < -0.3 is 9.26 Å². The molecule has 2 rings (SSSR count). The van der Waals surface area contributed by atoms with E-state index in [1.807, 2.05) is 67.6 Å². The van der Waals surface area contributed by atoms with Crippen molar-refractivity contribution in [1.29, 1.82) is 0 Å². The Kier molecular flexibility index (Phi) is 7.86. The van der Waals surface area contributed by atoms with Gasteiger partial charge in [-0.2, -0.15) is 0 Å². The number of hydrogen-bond donors (Lipinski definition) is 0. The summed E-state index contributed by atoms with van der Waals surface area (Å²) in [5.74, 6) is 0. The molecule has 0 aliphatic rings. The van der Waals surface area contributed by atoms with Crippen LogP contribution in [0.3, 0.4) is 0 Å². The van der Waals surface area contributed by atoms with Gasteiger partial charge in [0.1, 0.15) is 6.61 Å². The summed E-state index contributed by atoms with van der Waals surface area (Å²) >= 11 is 0. The highest BCUT2D eigenvalue weighted by atomic mass is 31.2. The lowest BCUT2D eigenvalue weighted by molar-refractivity contribution is 0.137. The Labute approximate surface area is 148 Å². The Hall–Kier alpha value is -1.94. The lowest BCUT2D eigenvalue weighted by Crippen LogP contribution is -2.10. The first-order valence-electron chi connectivity index (χ1n) is 8.28. The minimum absolute atomic E-state index is 0.0185. The molecule has 0 bridgehead atoms. The van der Waals surface area contributed by atoms with Gasteiger partial charge in [0, 0.05) is 0 Å². The van der Waals surface area contributed by atoms with Crippen LogP contribution >= 0.6 is 7.60 Å². The zero-order valence-corrected chi connectivity index (χ0v) is 15.2. The quantitative estimate of drug-likeness (QED) is 0.410. The van der Waals surface area contributed by atoms with Crippen LogP contribution in [0.15, 0.2) is 60.7 Å². The fourth-order valence-electron chi connectivity index (χ4n) is 2.00. The molecule has 2 aromatic carbocycles. The van der Waals surface area contributed by atoms with Gasteiger partial charge in [0.15, 0.2) is 0 Å². The second-order valence-corrected chi connectivity index (χ2v) is 7.36. The molecule has 0 heterocycles. The molecule has 0 radical (unpaired) electrons. The summed E-state index contributed by atoms with van der Waals surface area (Å²) < 4.78 is 28.7. The maximum atomic E-state index is 12.9. The highest BCUT2D eigenvalue weighted by Gasteiger charge is 2.37. The van der Waals surface area contributed by atoms with Gasteiger partial charge in [-0.05, 0) is 17.5 Å². The Morgan fingerprint density at radius 1 is 0.880 bits per heavy atom. The fourth-order valence-corrected chi connectivity index (χ4v) is 3.20. The van der Waals surface area contributed by atoms with Crippen molar-refractivity contribution in [2.45, 2.75) is 33.0 Å². The van der Waals surface area contributed by atoms with Gasteiger partial charge in [0.05, 0.1) is 13.2 Å². The molecule has 0 aromatic heterocycles. The molecule has 6 heteroatoms. The third-order valence-corrected chi connectivity index (χ3v) is 5.00. The molecule has 0 saturated heterocycles. The molecular weight excluding hydrogens is 339 g/mol. The average molecular weight is 362 g/mol. The number of benzene rings is 2. The molecular formula is C19H23O5P. The Bertz CT molecular complexity index is 687. The predicted octanol–water partition coefficient (Wildman–Crippen LogP) is 5.55. The van der Waals surface area contributed by atoms with E-state index >= 15 is 0 Å². The summed E-state index contributed by atoms with van der Waals surface area (Å²) in [5, 5.41) is 0. The molecule has 0 fully saturated rings. The molecule has 0 amide bonds. The first kappa shape index (κ1) is 19.4. The SMILES string of the molecule is CCCCOP(=O)(OCc1ccccc1)C(=O)OCc1ccccc1. The fraction of sp³-hybridized carbons (Fsp3) is 0.316. The topological polar surface area (TPSA) is 61.8 Å². The van der Waals surface area contributed by atoms with Crippen LogP contribution in [0, 0.1) is 0 Å². The van der Waals surface area contributed by atoms with Gasteiger partial charge in [-0.15, -0.1) is 0 Å². The molecule has 0 saturated carbocycles. The minimum Gasteiger partial charge on any atom is -0.452 e. The Balaban J connectivity index is 1.99. The van der Waals surface area contributed by atoms with Crippen molar-refractivity contribution in [3.63, 3.8) is 0 Å². The van der Waals surface area contributed by atoms with Gasteiger partial charge >= 0.3 is 13.3 Å². The van der Waals surface area contributed by atoms with Gasteiger partial charge in [-0.25, -0.2) is 9.36 Å². The third kappa shape index (κ3) is 6.46. The van der Waals surface area contributed by atoms with Crippen LogP contribution in [0.5, 0.6) is 0 Å².